The molecule has 3 aromatic rings. The highest BCUT2D eigenvalue weighted by Gasteiger charge is 2.32. The van der Waals surface area contributed by atoms with E-state index in [1.165, 1.54) is 0 Å². The molecule has 4 rings (SSSR count). The summed E-state index contributed by atoms with van der Waals surface area (Å²) in [6.45, 7) is 4.15. The van der Waals surface area contributed by atoms with Crippen molar-refractivity contribution in [1.82, 2.24) is 20.0 Å². The maximum absolute atomic E-state index is 13.7. The molecule has 2 heterocycles. The second-order valence-corrected chi connectivity index (χ2v) is 8.10. The Hall–Kier alpha value is -4.14. The van der Waals surface area contributed by atoms with Crippen LogP contribution >= 0.6 is 0 Å². The Morgan fingerprint density at radius 2 is 1.94 bits per heavy atom. The molecule has 0 saturated carbocycles. The first kappa shape index (κ1) is 22.1. The lowest BCUT2D eigenvalue weighted by Gasteiger charge is -2.29. The van der Waals surface area contributed by atoms with Crippen molar-refractivity contribution >= 4 is 23.5 Å². The van der Waals surface area contributed by atoms with E-state index in [4.69, 9.17) is 5.73 Å². The number of amides is 4. The Morgan fingerprint density at radius 3 is 2.64 bits per heavy atom. The molecule has 1 atom stereocenters. The normalized spacial score (nSPS) is 15.5. The third-order valence-electron chi connectivity index (χ3n) is 5.73. The minimum Gasteiger partial charge on any atom is -0.368 e. The second kappa shape index (κ2) is 9.15. The first-order valence-corrected chi connectivity index (χ1v) is 10.7. The van der Waals surface area contributed by atoms with Crippen LogP contribution in [0, 0.1) is 6.92 Å². The van der Waals surface area contributed by atoms with Crippen LogP contribution in [0.25, 0.3) is 5.69 Å². The number of rotatable bonds is 4. The number of primary amides is 1. The van der Waals surface area contributed by atoms with E-state index in [2.05, 4.69) is 10.4 Å². The highest BCUT2D eigenvalue weighted by molar-refractivity contribution is 6.07. The molecule has 3 N–H and O–H groups in total. The van der Waals surface area contributed by atoms with Gasteiger partial charge in [0, 0.05) is 42.8 Å². The Bertz CT molecular complexity index is 1190. The van der Waals surface area contributed by atoms with Gasteiger partial charge in [-0.15, -0.1) is 0 Å². The number of anilines is 1. The quantitative estimate of drug-likeness (QED) is 0.640. The third-order valence-corrected chi connectivity index (χ3v) is 5.73. The fourth-order valence-electron chi connectivity index (χ4n) is 4.03. The molecular formula is C24H26N6O3. The standard InChI is InChI=1S/C24H26N6O3/c1-16-12-19(30-11-5-10-27-30)8-9-20(16)23(32)29-14-17(2)28(24(33)26-13-22(25)31)15-18-6-3-4-7-21(18)29/h3-12,17H,13-15H2,1-2H3,(H2,25,31)(H,26,33)/t17-/m1/s1. The monoisotopic (exact) mass is 446 g/mol. The number of carbonyl (C=O) groups excluding carboxylic acids is 3. The number of benzene rings is 2. The fourth-order valence-corrected chi connectivity index (χ4v) is 4.03. The highest BCUT2D eigenvalue weighted by Crippen LogP contribution is 2.29. The van der Waals surface area contributed by atoms with E-state index in [1.54, 1.807) is 20.7 Å². The summed E-state index contributed by atoms with van der Waals surface area (Å²) >= 11 is 0. The zero-order valence-corrected chi connectivity index (χ0v) is 18.6. The molecule has 9 heteroatoms. The predicted molar refractivity (Wildman–Crippen MR) is 124 cm³/mol. The van der Waals surface area contributed by atoms with Crippen LogP contribution in [0.1, 0.15) is 28.4 Å². The number of aryl methyl sites for hydroxylation is 1. The van der Waals surface area contributed by atoms with Crippen LogP contribution in [0.2, 0.25) is 0 Å². The zero-order chi connectivity index (χ0) is 23.5. The number of fused-ring (bicyclic) bond motifs is 1. The molecule has 1 aliphatic heterocycles. The van der Waals surface area contributed by atoms with Gasteiger partial charge in [0.1, 0.15) is 0 Å². The van der Waals surface area contributed by atoms with Crippen molar-refractivity contribution in [1.29, 1.82) is 0 Å². The van der Waals surface area contributed by atoms with Crippen LogP contribution in [-0.2, 0) is 11.3 Å². The van der Waals surface area contributed by atoms with Crippen LogP contribution < -0.4 is 16.0 Å². The maximum atomic E-state index is 13.7. The van der Waals surface area contributed by atoms with Crippen molar-refractivity contribution in [3.05, 3.63) is 77.6 Å². The van der Waals surface area contributed by atoms with Gasteiger partial charge in [0.2, 0.25) is 5.91 Å². The topological polar surface area (TPSA) is 114 Å². The molecule has 0 radical (unpaired) electrons. The summed E-state index contributed by atoms with van der Waals surface area (Å²) in [5.74, 6) is -0.754. The lowest BCUT2D eigenvalue weighted by Crippen LogP contribution is -2.49. The largest absolute Gasteiger partial charge is 0.368 e. The molecule has 0 aliphatic carbocycles. The number of aromatic nitrogens is 2. The van der Waals surface area contributed by atoms with Gasteiger partial charge in [-0.1, -0.05) is 18.2 Å². The molecular weight excluding hydrogens is 420 g/mol. The summed E-state index contributed by atoms with van der Waals surface area (Å²) in [4.78, 5) is 40.8. The molecule has 1 aliphatic rings. The van der Waals surface area contributed by atoms with Crippen molar-refractivity contribution in [2.75, 3.05) is 18.0 Å². The predicted octanol–water partition coefficient (Wildman–Crippen LogP) is 2.23. The van der Waals surface area contributed by atoms with E-state index in [0.29, 0.717) is 18.7 Å². The summed E-state index contributed by atoms with van der Waals surface area (Å²) in [5, 5.41) is 6.79. The molecule has 1 aromatic heterocycles. The van der Waals surface area contributed by atoms with E-state index >= 15 is 0 Å². The van der Waals surface area contributed by atoms with Gasteiger partial charge in [-0.3, -0.25) is 9.59 Å². The van der Waals surface area contributed by atoms with Gasteiger partial charge < -0.3 is 20.9 Å². The van der Waals surface area contributed by atoms with Crippen LogP contribution in [0.15, 0.2) is 60.9 Å². The van der Waals surface area contributed by atoms with Gasteiger partial charge >= 0.3 is 6.03 Å². The fraction of sp³-hybridized carbons (Fsp3) is 0.250. The van der Waals surface area contributed by atoms with E-state index in [-0.39, 0.29) is 18.5 Å². The summed E-state index contributed by atoms with van der Waals surface area (Å²) < 4.78 is 1.74. The average Bonchev–Trinajstić information content (AvgIpc) is 3.29. The molecule has 0 spiro atoms. The number of para-hydroxylation sites is 1. The van der Waals surface area contributed by atoms with Gasteiger partial charge in [0.25, 0.3) is 5.91 Å². The molecule has 170 valence electrons. The molecule has 9 nitrogen and oxygen atoms in total. The number of nitrogens with zero attached hydrogens (tertiary/aromatic N) is 4. The Labute approximate surface area is 191 Å². The van der Waals surface area contributed by atoms with E-state index < -0.39 is 11.9 Å². The Kier molecular flexibility index (Phi) is 6.12. The summed E-state index contributed by atoms with van der Waals surface area (Å²) in [6, 6.07) is 14.3. The molecule has 2 aromatic carbocycles. The van der Waals surface area contributed by atoms with Crippen LogP contribution in [0.5, 0.6) is 0 Å². The van der Waals surface area contributed by atoms with E-state index in [1.807, 2.05) is 68.6 Å². The third kappa shape index (κ3) is 4.57. The van der Waals surface area contributed by atoms with Crippen molar-refractivity contribution in [3.8, 4) is 5.69 Å². The smallest absolute Gasteiger partial charge is 0.318 e. The first-order valence-electron chi connectivity index (χ1n) is 10.7. The number of hydrogen-bond donors (Lipinski definition) is 2. The number of carbonyl (C=O) groups is 3. The van der Waals surface area contributed by atoms with Gasteiger partial charge in [0.15, 0.2) is 0 Å². The zero-order valence-electron chi connectivity index (χ0n) is 18.6. The van der Waals surface area contributed by atoms with Crippen molar-refractivity contribution in [2.45, 2.75) is 26.4 Å². The molecule has 4 amide bonds. The SMILES string of the molecule is Cc1cc(-n2cccn2)ccc1C(=O)N1C[C@@H](C)N(C(=O)NCC(N)=O)Cc2ccccc21. The Balaban J connectivity index is 1.64. The number of hydrogen-bond acceptors (Lipinski definition) is 4. The molecule has 0 bridgehead atoms. The maximum Gasteiger partial charge on any atom is 0.318 e. The Morgan fingerprint density at radius 1 is 1.15 bits per heavy atom. The van der Waals surface area contributed by atoms with Gasteiger partial charge in [-0.25, -0.2) is 9.48 Å². The summed E-state index contributed by atoms with van der Waals surface area (Å²) in [7, 11) is 0. The van der Waals surface area contributed by atoms with Gasteiger partial charge in [0.05, 0.1) is 12.2 Å². The molecule has 33 heavy (non-hydrogen) atoms. The van der Waals surface area contributed by atoms with Crippen molar-refractivity contribution < 1.29 is 14.4 Å². The minimum absolute atomic E-state index is 0.141. The van der Waals surface area contributed by atoms with Crippen molar-refractivity contribution in [2.24, 2.45) is 5.73 Å². The summed E-state index contributed by atoms with van der Waals surface area (Å²) in [6.07, 6.45) is 3.55. The average molecular weight is 447 g/mol. The lowest BCUT2D eigenvalue weighted by molar-refractivity contribution is -0.117. The van der Waals surface area contributed by atoms with Crippen LogP contribution in [-0.4, -0.2) is 51.7 Å². The van der Waals surface area contributed by atoms with Crippen LogP contribution in [0.4, 0.5) is 10.5 Å². The van der Waals surface area contributed by atoms with Crippen molar-refractivity contribution in [3.63, 3.8) is 0 Å². The number of nitrogens with two attached hydrogens (primary N) is 1. The molecule has 0 saturated heterocycles. The number of urea groups is 1. The molecule has 0 unspecified atom stereocenters. The van der Waals surface area contributed by atoms with Gasteiger partial charge in [-0.2, -0.15) is 5.10 Å². The molecule has 0 fully saturated rings. The second-order valence-electron chi connectivity index (χ2n) is 8.10. The van der Waals surface area contributed by atoms with E-state index in [9.17, 15) is 14.4 Å². The first-order chi connectivity index (χ1) is 15.8. The van der Waals surface area contributed by atoms with E-state index in [0.717, 1.165) is 22.5 Å². The number of nitrogens with one attached hydrogen (secondary N) is 1. The highest BCUT2D eigenvalue weighted by atomic mass is 16.2. The van der Waals surface area contributed by atoms with Gasteiger partial charge in [-0.05, 0) is 55.3 Å². The minimum atomic E-state index is -0.614. The summed E-state index contributed by atoms with van der Waals surface area (Å²) in [5.41, 5.74) is 9.05. The van der Waals surface area contributed by atoms with Crippen LogP contribution in [0.3, 0.4) is 0 Å². The lowest BCUT2D eigenvalue weighted by atomic mass is 10.0.